The van der Waals surface area contributed by atoms with Crippen LogP contribution < -0.4 is 0 Å². The number of carboxylic acids is 1. The van der Waals surface area contributed by atoms with Crippen molar-refractivity contribution in [2.75, 3.05) is 41.0 Å². The van der Waals surface area contributed by atoms with E-state index in [1.54, 1.807) is 0 Å². The number of nitrogens with zero attached hydrogens (tertiary/aromatic N) is 1. The zero-order chi connectivity index (χ0) is 49.2. The third kappa shape index (κ3) is 48.9. The minimum atomic E-state index is -0.869. The predicted octanol–water partition coefficient (Wildman–Crippen LogP) is 17.4. The molecule has 1 N–H and O–H groups in total. The topological polar surface area (TPSA) is 99.1 Å². The molecule has 0 aliphatic carbocycles. The molecule has 0 heterocycles. The number of hydrogen-bond donors (Lipinski definition) is 1. The highest BCUT2D eigenvalue weighted by molar-refractivity contribution is 5.72. The van der Waals surface area contributed by atoms with Gasteiger partial charge in [0.1, 0.15) is 6.61 Å². The molecule has 0 spiro atoms. The number of aliphatic carboxylic acids is 1. The van der Waals surface area contributed by atoms with Crippen molar-refractivity contribution in [1.29, 1.82) is 0 Å². The highest BCUT2D eigenvalue weighted by Crippen LogP contribution is 2.18. The second kappa shape index (κ2) is 50.5. The van der Waals surface area contributed by atoms with Gasteiger partial charge in [-0.25, -0.2) is 4.79 Å². The monoisotopic (exact) mass is 949 g/mol. The molecule has 67 heavy (non-hydrogen) atoms. The molecule has 2 atom stereocenters. The van der Waals surface area contributed by atoms with Crippen molar-refractivity contribution in [1.82, 2.24) is 0 Å². The van der Waals surface area contributed by atoms with Crippen LogP contribution in [0.3, 0.4) is 0 Å². The Morgan fingerprint density at radius 3 is 1.07 bits per heavy atom. The first-order valence-corrected chi connectivity index (χ1v) is 29.2. The number of carboxylic acid groups (broad SMARTS) is 1. The van der Waals surface area contributed by atoms with Gasteiger partial charge in [-0.2, -0.15) is 0 Å². The lowest BCUT2D eigenvalue weighted by Gasteiger charge is -2.31. The fourth-order valence-electron chi connectivity index (χ4n) is 9.15. The minimum absolute atomic E-state index is 0.0445. The van der Waals surface area contributed by atoms with Crippen molar-refractivity contribution >= 4 is 17.9 Å². The van der Waals surface area contributed by atoms with Gasteiger partial charge < -0.3 is 23.8 Å². The number of unbranched alkanes of at least 4 members (excludes halogenated alkanes) is 38. The molecule has 8 heteroatoms. The smallest absolute Gasteiger partial charge is 0.362 e. The molecule has 0 aromatic carbocycles. The number of likely N-dealkylation sites (N-methyl/N-ethyl adjacent to an activating group) is 1. The molecule has 0 saturated heterocycles. The van der Waals surface area contributed by atoms with Crippen LogP contribution in [-0.2, 0) is 28.6 Å². The maximum Gasteiger partial charge on any atom is 0.362 e. The summed E-state index contributed by atoms with van der Waals surface area (Å²) in [4.78, 5) is 37.3. The molecule has 0 saturated carbocycles. The van der Waals surface area contributed by atoms with E-state index in [9.17, 15) is 19.5 Å². The summed E-state index contributed by atoms with van der Waals surface area (Å²) >= 11 is 0. The van der Waals surface area contributed by atoms with Gasteiger partial charge in [-0.1, -0.05) is 251 Å². The summed E-state index contributed by atoms with van der Waals surface area (Å²) in [6.45, 7) is 4.80. The van der Waals surface area contributed by atoms with Crippen molar-refractivity contribution < 1.29 is 38.2 Å². The molecule has 0 rings (SSSR count). The van der Waals surface area contributed by atoms with Crippen LogP contribution in [0.4, 0.5) is 0 Å². The molecule has 0 aromatic rings. The lowest BCUT2D eigenvalue weighted by Crippen LogP contribution is -2.50. The minimum Gasteiger partial charge on any atom is -0.477 e. The zero-order valence-electron chi connectivity index (χ0n) is 45.4. The molecule has 0 aromatic heterocycles. The van der Waals surface area contributed by atoms with E-state index in [1.807, 2.05) is 21.1 Å². The third-order valence-corrected chi connectivity index (χ3v) is 13.7. The molecule has 8 nitrogen and oxygen atoms in total. The van der Waals surface area contributed by atoms with Crippen molar-refractivity contribution in [3.05, 3.63) is 12.2 Å². The normalized spacial score (nSPS) is 12.8. The fraction of sp³-hybridized carbons (Fsp3) is 0.915. The lowest BCUT2D eigenvalue weighted by molar-refractivity contribution is -0.887. The van der Waals surface area contributed by atoms with Crippen LogP contribution in [0, 0.1) is 0 Å². The Morgan fingerprint density at radius 1 is 0.433 bits per heavy atom. The lowest BCUT2D eigenvalue weighted by atomic mass is 10.0. The van der Waals surface area contributed by atoms with Crippen molar-refractivity contribution in [2.45, 2.75) is 309 Å². The van der Waals surface area contributed by atoms with Gasteiger partial charge in [0.25, 0.3) is 0 Å². The van der Waals surface area contributed by atoms with Gasteiger partial charge in [0, 0.05) is 19.3 Å². The number of quaternary nitrogens is 1. The van der Waals surface area contributed by atoms with E-state index in [2.05, 4.69) is 26.0 Å². The molecule has 0 aliphatic heterocycles. The summed E-state index contributed by atoms with van der Waals surface area (Å²) in [5, 5.41) is 9.68. The van der Waals surface area contributed by atoms with Crippen LogP contribution in [0.1, 0.15) is 296 Å². The number of hydrogen-bond acceptors (Lipinski definition) is 6. The Morgan fingerprint density at radius 2 is 0.746 bits per heavy atom. The van der Waals surface area contributed by atoms with Crippen molar-refractivity contribution in [2.24, 2.45) is 0 Å². The molecular formula is C59H114NO7+. The van der Waals surface area contributed by atoms with Crippen LogP contribution in [0.25, 0.3) is 0 Å². The summed E-state index contributed by atoms with van der Waals surface area (Å²) in [7, 11) is 5.56. The summed E-state index contributed by atoms with van der Waals surface area (Å²) in [5.41, 5.74) is 0. The van der Waals surface area contributed by atoms with Crippen molar-refractivity contribution in [3.63, 3.8) is 0 Å². The maximum atomic E-state index is 12.8. The van der Waals surface area contributed by atoms with Gasteiger partial charge in [0.15, 0.2) is 12.1 Å². The van der Waals surface area contributed by atoms with Gasteiger partial charge in [-0.3, -0.25) is 9.59 Å². The Labute approximate surface area is 416 Å². The quantitative estimate of drug-likeness (QED) is 0.0281. The van der Waals surface area contributed by atoms with E-state index >= 15 is 0 Å². The maximum absolute atomic E-state index is 12.8. The number of ether oxygens (including phenoxy) is 3. The number of carbonyl (C=O) groups excluding carboxylic acids is 2. The van der Waals surface area contributed by atoms with E-state index < -0.39 is 18.1 Å². The molecule has 0 radical (unpaired) electrons. The summed E-state index contributed by atoms with van der Waals surface area (Å²) < 4.78 is 17.4. The predicted molar refractivity (Wildman–Crippen MR) is 285 cm³/mol. The highest BCUT2D eigenvalue weighted by atomic mass is 16.6. The Hall–Kier alpha value is -1.93. The molecule has 0 fully saturated rings. The van der Waals surface area contributed by atoms with E-state index in [4.69, 9.17) is 14.2 Å². The Balaban J connectivity index is 4.12. The van der Waals surface area contributed by atoms with Crippen LogP contribution in [0.2, 0.25) is 0 Å². The standard InChI is InChI=1S/C59H113NO7/c1-6-8-10-12-14-16-18-20-22-24-26-28-30-31-33-35-37-39-41-43-45-47-49-57(61)66-54-55(53-65-52-51-56(59(63)64)60(3,4)5)67-58(62)50-48-46-44-42-40-38-36-34-32-29-27-25-23-21-19-17-15-13-11-9-7-2/h25,27,55-56H,6-24,26,28-54H2,1-5H3/p+1/b27-25-. The SMILES string of the molecule is CCCCCCCCCC/C=C\CCCCCCCCCCCC(=O)OC(COCCC(C(=O)O)[N+](C)(C)C)COC(=O)CCCCCCCCCCCCCCCCCCCCCCCC. The first kappa shape index (κ1) is 65.1. The zero-order valence-corrected chi connectivity index (χ0v) is 45.4. The first-order valence-electron chi connectivity index (χ1n) is 29.2. The van der Waals surface area contributed by atoms with Crippen LogP contribution >= 0.6 is 0 Å². The second-order valence-electron chi connectivity index (χ2n) is 21.3. The van der Waals surface area contributed by atoms with E-state index in [0.29, 0.717) is 19.3 Å². The Bertz CT molecular complexity index is 1100. The summed E-state index contributed by atoms with van der Waals surface area (Å²) in [6, 6.07) is -0.612. The molecular weight excluding hydrogens is 835 g/mol. The summed E-state index contributed by atoms with van der Waals surface area (Å²) in [6.07, 6.45) is 58.5. The second-order valence-corrected chi connectivity index (χ2v) is 21.3. The molecule has 396 valence electrons. The van der Waals surface area contributed by atoms with Gasteiger partial charge in [0.2, 0.25) is 0 Å². The average molecular weight is 950 g/mol. The van der Waals surface area contributed by atoms with Gasteiger partial charge in [-0.05, 0) is 38.5 Å². The number of esters is 2. The van der Waals surface area contributed by atoms with Gasteiger partial charge in [-0.15, -0.1) is 0 Å². The fourth-order valence-corrected chi connectivity index (χ4v) is 9.15. The molecule has 0 amide bonds. The third-order valence-electron chi connectivity index (χ3n) is 13.7. The molecule has 0 aliphatic rings. The van der Waals surface area contributed by atoms with Crippen molar-refractivity contribution in [3.8, 4) is 0 Å². The van der Waals surface area contributed by atoms with E-state index in [0.717, 1.165) is 38.5 Å². The number of allylic oxidation sites excluding steroid dienone is 2. The Kier molecular flexibility index (Phi) is 49.0. The van der Waals surface area contributed by atoms with Gasteiger partial charge >= 0.3 is 17.9 Å². The van der Waals surface area contributed by atoms with Gasteiger partial charge in [0.05, 0.1) is 34.4 Å². The van der Waals surface area contributed by atoms with E-state index in [1.165, 1.54) is 225 Å². The molecule has 0 bridgehead atoms. The highest BCUT2D eigenvalue weighted by Gasteiger charge is 2.31. The van der Waals surface area contributed by atoms with Crippen LogP contribution in [-0.4, -0.2) is 80.6 Å². The number of carbonyl (C=O) groups is 3. The van der Waals surface area contributed by atoms with E-state index in [-0.39, 0.29) is 36.2 Å². The number of rotatable bonds is 54. The average Bonchev–Trinajstić information content (AvgIpc) is 3.29. The largest absolute Gasteiger partial charge is 0.477 e. The van der Waals surface area contributed by atoms with Crippen LogP contribution in [0.5, 0.6) is 0 Å². The summed E-state index contributed by atoms with van der Waals surface area (Å²) in [5.74, 6) is -1.44. The molecule has 2 unspecified atom stereocenters. The van der Waals surface area contributed by atoms with Crippen LogP contribution in [0.15, 0.2) is 12.2 Å². The first-order chi connectivity index (χ1) is 32.6.